The van der Waals surface area contributed by atoms with Crippen LogP contribution in [0, 0.1) is 12.8 Å². The van der Waals surface area contributed by atoms with Gasteiger partial charge < -0.3 is 5.32 Å². The number of unbranched alkanes of at least 4 members (excludes halogenated alkanes) is 1. The molecule has 0 saturated carbocycles. The van der Waals surface area contributed by atoms with E-state index in [4.69, 9.17) is 0 Å². The molecule has 0 bridgehead atoms. The molecule has 0 amide bonds. The van der Waals surface area contributed by atoms with Crippen LogP contribution in [0.4, 0.5) is 0 Å². The van der Waals surface area contributed by atoms with Crippen molar-refractivity contribution in [2.24, 2.45) is 5.92 Å². The van der Waals surface area contributed by atoms with Crippen molar-refractivity contribution in [1.29, 1.82) is 0 Å². The van der Waals surface area contributed by atoms with Crippen LogP contribution >= 0.6 is 0 Å². The maximum atomic E-state index is 4.64. The first-order valence-electron chi connectivity index (χ1n) is 8.37. The molecule has 0 aliphatic rings. The van der Waals surface area contributed by atoms with Crippen LogP contribution in [0.5, 0.6) is 0 Å². The Hall–Kier alpha value is -0.890. The van der Waals surface area contributed by atoms with E-state index in [-0.39, 0.29) is 0 Å². The number of nitrogens with one attached hydrogen (secondary N) is 1. The van der Waals surface area contributed by atoms with Crippen LogP contribution in [0.15, 0.2) is 18.3 Å². The van der Waals surface area contributed by atoms with E-state index in [2.05, 4.69) is 44.1 Å². The third kappa shape index (κ3) is 5.62. The molecule has 1 rings (SSSR count). The van der Waals surface area contributed by atoms with Gasteiger partial charge in [-0.25, -0.2) is 0 Å². The van der Waals surface area contributed by atoms with Crippen molar-refractivity contribution in [2.75, 3.05) is 6.54 Å². The van der Waals surface area contributed by atoms with Crippen LogP contribution in [-0.2, 0) is 0 Å². The van der Waals surface area contributed by atoms with E-state index in [9.17, 15) is 0 Å². The van der Waals surface area contributed by atoms with Crippen molar-refractivity contribution in [3.63, 3.8) is 0 Å². The second kappa shape index (κ2) is 9.93. The van der Waals surface area contributed by atoms with E-state index < -0.39 is 0 Å². The highest BCUT2D eigenvalue weighted by atomic mass is 14.9. The molecule has 0 aliphatic heterocycles. The number of aromatic nitrogens is 1. The lowest BCUT2D eigenvalue weighted by Gasteiger charge is -2.24. The Bertz CT molecular complexity index is 362. The lowest BCUT2D eigenvalue weighted by molar-refractivity contribution is 0.349. The maximum Gasteiger partial charge on any atom is 0.0602 e. The molecule has 0 saturated heterocycles. The highest BCUT2D eigenvalue weighted by Crippen LogP contribution is 2.27. The minimum atomic E-state index is 0.415. The normalized spacial score (nSPS) is 14.2. The topological polar surface area (TPSA) is 24.9 Å². The van der Waals surface area contributed by atoms with Gasteiger partial charge in [-0.3, -0.25) is 4.98 Å². The highest BCUT2D eigenvalue weighted by molar-refractivity contribution is 5.21. The standard InChI is InChI=1S/C18H32N2/c1-5-8-11-16(7-3)14-17(19-12-6-2)18-15(4)10-9-13-20-18/h9-10,13,16-17,19H,5-8,11-12,14H2,1-4H3. The van der Waals surface area contributed by atoms with Gasteiger partial charge in [0.05, 0.1) is 11.7 Å². The smallest absolute Gasteiger partial charge is 0.0602 e. The largest absolute Gasteiger partial charge is 0.309 e. The van der Waals surface area contributed by atoms with Gasteiger partial charge in [0.1, 0.15) is 0 Å². The quantitative estimate of drug-likeness (QED) is 0.648. The van der Waals surface area contributed by atoms with Crippen LogP contribution in [0.1, 0.15) is 76.6 Å². The van der Waals surface area contributed by atoms with Gasteiger partial charge in [0.15, 0.2) is 0 Å². The summed E-state index contributed by atoms with van der Waals surface area (Å²) in [6.07, 6.45) is 9.59. The lowest BCUT2D eigenvalue weighted by atomic mass is 9.89. The van der Waals surface area contributed by atoms with E-state index in [1.165, 1.54) is 49.8 Å². The van der Waals surface area contributed by atoms with Gasteiger partial charge in [-0.05, 0) is 43.9 Å². The van der Waals surface area contributed by atoms with Gasteiger partial charge >= 0.3 is 0 Å². The molecule has 0 spiro atoms. The van der Waals surface area contributed by atoms with Gasteiger partial charge in [-0.1, -0.05) is 52.5 Å². The monoisotopic (exact) mass is 276 g/mol. The lowest BCUT2D eigenvalue weighted by Crippen LogP contribution is -2.26. The van der Waals surface area contributed by atoms with Gasteiger partial charge in [0.25, 0.3) is 0 Å². The van der Waals surface area contributed by atoms with Gasteiger partial charge in [0, 0.05) is 6.20 Å². The van der Waals surface area contributed by atoms with Crippen molar-refractivity contribution in [3.8, 4) is 0 Å². The fourth-order valence-electron chi connectivity index (χ4n) is 2.79. The molecule has 1 heterocycles. The van der Waals surface area contributed by atoms with Crippen molar-refractivity contribution in [3.05, 3.63) is 29.6 Å². The van der Waals surface area contributed by atoms with E-state index in [0.29, 0.717) is 6.04 Å². The molecule has 0 aliphatic carbocycles. The summed E-state index contributed by atoms with van der Waals surface area (Å²) < 4.78 is 0. The zero-order valence-electron chi connectivity index (χ0n) is 13.8. The van der Waals surface area contributed by atoms with E-state index in [1.807, 2.05) is 12.3 Å². The highest BCUT2D eigenvalue weighted by Gasteiger charge is 2.18. The fourth-order valence-corrected chi connectivity index (χ4v) is 2.79. The molecule has 1 aromatic rings. The van der Waals surface area contributed by atoms with Crippen LogP contribution < -0.4 is 5.32 Å². The fraction of sp³-hybridized carbons (Fsp3) is 0.722. The summed E-state index contributed by atoms with van der Waals surface area (Å²) >= 11 is 0. The average molecular weight is 276 g/mol. The molecule has 1 aromatic heterocycles. The van der Waals surface area contributed by atoms with Crippen LogP contribution in [-0.4, -0.2) is 11.5 Å². The summed E-state index contributed by atoms with van der Waals surface area (Å²) in [5, 5.41) is 3.71. The summed E-state index contributed by atoms with van der Waals surface area (Å²) in [4.78, 5) is 4.64. The van der Waals surface area contributed by atoms with Gasteiger partial charge in [-0.2, -0.15) is 0 Å². The predicted molar refractivity (Wildman–Crippen MR) is 87.9 cm³/mol. The predicted octanol–water partition coefficient (Wildman–Crippen LogP) is 5.04. The SMILES string of the molecule is CCCCC(CC)CC(NCCC)c1ncccc1C. The summed E-state index contributed by atoms with van der Waals surface area (Å²) in [6, 6.07) is 4.62. The molecule has 1 N–H and O–H groups in total. The van der Waals surface area contributed by atoms with E-state index in [0.717, 1.165) is 12.5 Å². The molecular weight excluding hydrogens is 244 g/mol. The van der Waals surface area contributed by atoms with Crippen molar-refractivity contribution >= 4 is 0 Å². The molecule has 20 heavy (non-hydrogen) atoms. The third-order valence-electron chi connectivity index (χ3n) is 4.13. The molecule has 0 fully saturated rings. The second-order valence-electron chi connectivity index (χ2n) is 5.86. The molecular formula is C18H32N2. The first kappa shape index (κ1) is 17.2. The zero-order chi connectivity index (χ0) is 14.8. The summed E-state index contributed by atoms with van der Waals surface area (Å²) in [5.41, 5.74) is 2.56. The zero-order valence-corrected chi connectivity index (χ0v) is 13.8. The van der Waals surface area contributed by atoms with Crippen molar-refractivity contribution < 1.29 is 0 Å². The van der Waals surface area contributed by atoms with E-state index in [1.54, 1.807) is 0 Å². The first-order chi connectivity index (χ1) is 9.72. The molecule has 114 valence electrons. The minimum Gasteiger partial charge on any atom is -0.309 e. The summed E-state index contributed by atoms with van der Waals surface area (Å²) in [6.45, 7) is 10.1. The number of rotatable bonds is 10. The number of pyridine rings is 1. The summed E-state index contributed by atoms with van der Waals surface area (Å²) in [7, 11) is 0. The number of hydrogen-bond donors (Lipinski definition) is 1. The Morgan fingerprint density at radius 1 is 1.20 bits per heavy atom. The molecule has 0 radical (unpaired) electrons. The maximum absolute atomic E-state index is 4.64. The molecule has 2 heteroatoms. The third-order valence-corrected chi connectivity index (χ3v) is 4.13. The van der Waals surface area contributed by atoms with Gasteiger partial charge in [0.2, 0.25) is 0 Å². The van der Waals surface area contributed by atoms with Crippen LogP contribution in [0.25, 0.3) is 0 Å². The number of aryl methyl sites for hydroxylation is 1. The Labute approximate surface area is 125 Å². The number of nitrogens with zero attached hydrogens (tertiary/aromatic N) is 1. The minimum absolute atomic E-state index is 0.415. The first-order valence-corrected chi connectivity index (χ1v) is 8.37. The summed E-state index contributed by atoms with van der Waals surface area (Å²) in [5.74, 6) is 0.811. The van der Waals surface area contributed by atoms with Crippen LogP contribution in [0.2, 0.25) is 0 Å². The Morgan fingerprint density at radius 3 is 2.60 bits per heavy atom. The molecule has 2 nitrogen and oxygen atoms in total. The Balaban J connectivity index is 2.75. The van der Waals surface area contributed by atoms with Crippen LogP contribution in [0.3, 0.4) is 0 Å². The molecule has 2 unspecified atom stereocenters. The van der Waals surface area contributed by atoms with Crippen molar-refractivity contribution in [1.82, 2.24) is 10.3 Å². The Kier molecular flexibility index (Phi) is 8.52. The van der Waals surface area contributed by atoms with Crippen molar-refractivity contribution in [2.45, 2.75) is 72.3 Å². The number of hydrogen-bond acceptors (Lipinski definition) is 2. The second-order valence-corrected chi connectivity index (χ2v) is 5.86. The van der Waals surface area contributed by atoms with E-state index >= 15 is 0 Å². The van der Waals surface area contributed by atoms with Gasteiger partial charge in [-0.15, -0.1) is 0 Å². The Morgan fingerprint density at radius 2 is 2.00 bits per heavy atom. The molecule has 0 aromatic carbocycles. The molecule has 2 atom stereocenters. The average Bonchev–Trinajstić information content (AvgIpc) is 2.47.